The molecule has 0 bridgehead atoms. The normalized spacial score (nSPS) is 36.0. The lowest BCUT2D eigenvalue weighted by Crippen LogP contribution is -2.61. The lowest BCUT2D eigenvalue weighted by atomic mass is 9.80. The van der Waals surface area contributed by atoms with Crippen LogP contribution in [-0.4, -0.2) is 46.9 Å². The van der Waals surface area contributed by atoms with E-state index in [-0.39, 0.29) is 6.10 Å². The molecule has 0 spiro atoms. The van der Waals surface area contributed by atoms with Crippen LogP contribution in [0.2, 0.25) is 0 Å². The van der Waals surface area contributed by atoms with Gasteiger partial charge in [-0.3, -0.25) is 0 Å². The van der Waals surface area contributed by atoms with Crippen LogP contribution < -0.4 is 0 Å². The maximum Gasteiger partial charge on any atom is 0.0694 e. The number of rotatable bonds is 1. The first-order valence-corrected chi connectivity index (χ1v) is 5.68. The van der Waals surface area contributed by atoms with Gasteiger partial charge in [-0.25, -0.2) is 10.0 Å². The average molecular weight is 198 g/mol. The summed E-state index contributed by atoms with van der Waals surface area (Å²) >= 11 is 0. The van der Waals surface area contributed by atoms with Crippen molar-refractivity contribution in [1.82, 2.24) is 10.0 Å². The number of aliphatic hydroxyl groups is 1. The summed E-state index contributed by atoms with van der Waals surface area (Å²) in [6.45, 7) is 9.96. The minimum Gasteiger partial charge on any atom is -0.392 e. The standard InChI is InChI=1S/C11H22N2O/c1-11(2,3)10-5-7-13(10)12-6-4-9(14)8-12/h9-10,14H,4-8H2,1-3H3. The summed E-state index contributed by atoms with van der Waals surface area (Å²) in [7, 11) is 0. The van der Waals surface area contributed by atoms with Crippen molar-refractivity contribution < 1.29 is 5.11 Å². The van der Waals surface area contributed by atoms with Gasteiger partial charge in [0, 0.05) is 25.7 Å². The highest BCUT2D eigenvalue weighted by atomic mass is 16.3. The molecule has 3 nitrogen and oxygen atoms in total. The van der Waals surface area contributed by atoms with Crippen LogP contribution in [0.5, 0.6) is 0 Å². The van der Waals surface area contributed by atoms with Gasteiger partial charge in [0.2, 0.25) is 0 Å². The Kier molecular flexibility index (Phi) is 2.58. The van der Waals surface area contributed by atoms with Gasteiger partial charge in [-0.15, -0.1) is 0 Å². The largest absolute Gasteiger partial charge is 0.392 e. The Morgan fingerprint density at radius 2 is 1.86 bits per heavy atom. The lowest BCUT2D eigenvalue weighted by Gasteiger charge is -2.52. The molecule has 2 aliphatic rings. The Labute approximate surface area is 86.7 Å². The zero-order valence-electron chi connectivity index (χ0n) is 9.53. The molecule has 0 amide bonds. The maximum atomic E-state index is 9.49. The molecular formula is C11H22N2O. The molecule has 0 aromatic carbocycles. The minimum absolute atomic E-state index is 0.101. The molecule has 0 radical (unpaired) electrons. The van der Waals surface area contributed by atoms with Crippen molar-refractivity contribution in [2.24, 2.45) is 5.41 Å². The van der Waals surface area contributed by atoms with Gasteiger partial charge in [0.1, 0.15) is 0 Å². The van der Waals surface area contributed by atoms with Crippen LogP contribution in [0.25, 0.3) is 0 Å². The van der Waals surface area contributed by atoms with Gasteiger partial charge in [0.15, 0.2) is 0 Å². The Balaban J connectivity index is 1.93. The van der Waals surface area contributed by atoms with Crippen molar-refractivity contribution in [2.45, 2.75) is 45.8 Å². The van der Waals surface area contributed by atoms with Gasteiger partial charge >= 0.3 is 0 Å². The maximum absolute atomic E-state index is 9.49. The summed E-state index contributed by atoms with van der Waals surface area (Å²) in [4.78, 5) is 0. The van der Waals surface area contributed by atoms with Gasteiger partial charge in [-0.05, 0) is 18.3 Å². The molecule has 0 aromatic rings. The van der Waals surface area contributed by atoms with Crippen molar-refractivity contribution >= 4 is 0 Å². The molecular weight excluding hydrogens is 176 g/mol. The van der Waals surface area contributed by atoms with Crippen molar-refractivity contribution in [3.63, 3.8) is 0 Å². The molecule has 0 aliphatic carbocycles. The monoisotopic (exact) mass is 198 g/mol. The summed E-state index contributed by atoms with van der Waals surface area (Å²) in [5.41, 5.74) is 0.367. The van der Waals surface area contributed by atoms with Gasteiger partial charge in [0.05, 0.1) is 6.10 Å². The van der Waals surface area contributed by atoms with Crippen LogP contribution in [0.4, 0.5) is 0 Å². The van der Waals surface area contributed by atoms with E-state index in [4.69, 9.17) is 0 Å². The summed E-state index contributed by atoms with van der Waals surface area (Å²) in [5.74, 6) is 0. The highest BCUT2D eigenvalue weighted by Crippen LogP contribution is 2.35. The molecule has 2 unspecified atom stereocenters. The Bertz CT molecular complexity index is 212. The second-order valence-electron chi connectivity index (χ2n) is 5.69. The van der Waals surface area contributed by atoms with Gasteiger partial charge in [-0.2, -0.15) is 0 Å². The minimum atomic E-state index is -0.101. The highest BCUT2D eigenvalue weighted by Gasteiger charge is 2.41. The Morgan fingerprint density at radius 1 is 1.14 bits per heavy atom. The highest BCUT2D eigenvalue weighted by molar-refractivity contribution is 4.91. The van der Waals surface area contributed by atoms with Gasteiger partial charge in [0.25, 0.3) is 0 Å². The second-order valence-corrected chi connectivity index (χ2v) is 5.69. The van der Waals surface area contributed by atoms with E-state index in [0.717, 1.165) is 19.5 Å². The molecule has 2 rings (SSSR count). The van der Waals surface area contributed by atoms with Crippen LogP contribution in [0.1, 0.15) is 33.6 Å². The lowest BCUT2D eigenvalue weighted by molar-refractivity contribution is -0.143. The molecule has 3 heteroatoms. The molecule has 2 saturated heterocycles. The predicted molar refractivity (Wildman–Crippen MR) is 56.8 cm³/mol. The van der Waals surface area contributed by atoms with Crippen LogP contribution in [0, 0.1) is 5.41 Å². The molecule has 14 heavy (non-hydrogen) atoms. The van der Waals surface area contributed by atoms with Crippen LogP contribution in [0.3, 0.4) is 0 Å². The average Bonchev–Trinajstić information content (AvgIpc) is 2.29. The number of hydrogen-bond acceptors (Lipinski definition) is 3. The fourth-order valence-electron chi connectivity index (χ4n) is 2.55. The van der Waals surface area contributed by atoms with E-state index < -0.39 is 0 Å². The van der Waals surface area contributed by atoms with Crippen LogP contribution in [-0.2, 0) is 0 Å². The third-order valence-electron chi connectivity index (χ3n) is 3.50. The third kappa shape index (κ3) is 1.81. The van der Waals surface area contributed by atoms with E-state index in [9.17, 15) is 5.11 Å². The molecule has 0 aromatic heterocycles. The fourth-order valence-corrected chi connectivity index (χ4v) is 2.55. The van der Waals surface area contributed by atoms with Crippen molar-refractivity contribution in [3.05, 3.63) is 0 Å². The molecule has 2 fully saturated rings. The van der Waals surface area contributed by atoms with Crippen molar-refractivity contribution in [1.29, 1.82) is 0 Å². The topological polar surface area (TPSA) is 26.7 Å². The van der Waals surface area contributed by atoms with Gasteiger partial charge < -0.3 is 5.11 Å². The SMILES string of the molecule is CC(C)(C)C1CCN1N1CCC(O)C1. The zero-order chi connectivity index (χ0) is 10.3. The molecule has 2 atom stereocenters. The Hall–Kier alpha value is -0.120. The fraction of sp³-hybridized carbons (Fsp3) is 1.00. The number of hydrogen-bond donors (Lipinski definition) is 1. The number of nitrogens with zero attached hydrogens (tertiary/aromatic N) is 2. The number of β-amino-alcohol motifs (C(OH)–C–C–N with tert-alkyl or cyclic N) is 1. The quantitative estimate of drug-likeness (QED) is 0.683. The van der Waals surface area contributed by atoms with E-state index in [1.165, 1.54) is 13.0 Å². The van der Waals surface area contributed by atoms with E-state index in [0.29, 0.717) is 11.5 Å². The third-order valence-corrected chi connectivity index (χ3v) is 3.50. The number of aliphatic hydroxyl groups excluding tert-OH is 1. The first kappa shape index (κ1) is 10.4. The van der Waals surface area contributed by atoms with E-state index in [1.54, 1.807) is 0 Å². The number of hydrazine groups is 1. The zero-order valence-corrected chi connectivity index (χ0v) is 9.53. The molecule has 1 N–H and O–H groups in total. The smallest absolute Gasteiger partial charge is 0.0694 e. The van der Waals surface area contributed by atoms with E-state index in [2.05, 4.69) is 30.8 Å². The van der Waals surface area contributed by atoms with Crippen LogP contribution in [0.15, 0.2) is 0 Å². The summed E-state index contributed by atoms with van der Waals surface area (Å²) < 4.78 is 0. The molecule has 2 aliphatic heterocycles. The Morgan fingerprint density at radius 3 is 2.21 bits per heavy atom. The van der Waals surface area contributed by atoms with Crippen molar-refractivity contribution in [3.8, 4) is 0 Å². The predicted octanol–water partition coefficient (Wildman–Crippen LogP) is 1.09. The summed E-state index contributed by atoms with van der Waals surface area (Å²) in [6.07, 6.45) is 2.14. The van der Waals surface area contributed by atoms with Crippen molar-refractivity contribution in [2.75, 3.05) is 19.6 Å². The molecule has 0 saturated carbocycles. The molecule has 82 valence electrons. The second kappa shape index (κ2) is 3.47. The van der Waals surface area contributed by atoms with Gasteiger partial charge in [-0.1, -0.05) is 20.8 Å². The first-order valence-electron chi connectivity index (χ1n) is 5.68. The van der Waals surface area contributed by atoms with Crippen LogP contribution >= 0.6 is 0 Å². The first-order chi connectivity index (χ1) is 6.48. The summed E-state index contributed by atoms with van der Waals surface area (Å²) in [5, 5.41) is 14.3. The van der Waals surface area contributed by atoms with E-state index in [1.807, 2.05) is 0 Å². The molecule has 2 heterocycles. The van der Waals surface area contributed by atoms with E-state index >= 15 is 0 Å². The summed E-state index contributed by atoms with van der Waals surface area (Å²) in [6, 6.07) is 0.674.